The Morgan fingerprint density at radius 1 is 1.15 bits per heavy atom. The Hall–Kier alpha value is -3.71. The second-order valence-electron chi connectivity index (χ2n) is 9.38. The zero-order chi connectivity index (χ0) is 28.4. The van der Waals surface area contributed by atoms with Gasteiger partial charge in [-0.1, -0.05) is 0 Å². The van der Waals surface area contributed by atoms with Gasteiger partial charge in [-0.25, -0.2) is 4.39 Å². The van der Waals surface area contributed by atoms with E-state index in [0.717, 1.165) is 12.8 Å². The van der Waals surface area contributed by atoms with Gasteiger partial charge in [-0.15, -0.1) is 0 Å². The Morgan fingerprint density at radius 3 is 2.62 bits per heavy atom. The highest BCUT2D eigenvalue weighted by molar-refractivity contribution is 14.1. The highest BCUT2D eigenvalue weighted by atomic mass is 127. The molecule has 40 heavy (non-hydrogen) atoms. The number of methoxy groups -OCH3 is 1. The van der Waals surface area contributed by atoms with Crippen LogP contribution in [0.4, 0.5) is 10.1 Å². The van der Waals surface area contributed by atoms with Crippen LogP contribution in [0.15, 0.2) is 55.0 Å². The third-order valence-electron chi connectivity index (χ3n) is 6.18. The molecule has 1 amide bonds. The lowest BCUT2D eigenvalue weighted by Crippen LogP contribution is -2.27. The van der Waals surface area contributed by atoms with Gasteiger partial charge in [-0.2, -0.15) is 0 Å². The van der Waals surface area contributed by atoms with Crippen molar-refractivity contribution < 1.29 is 33.2 Å². The van der Waals surface area contributed by atoms with Crippen LogP contribution in [-0.2, 0) is 0 Å². The SMILES string of the molecule is COc1cc2c(Oc3c(F)cc(N(C)C(=O)c4cnccc4OC4CC4)cc3I)ccnc2cc1OC[C@H](C)O. The van der Waals surface area contributed by atoms with E-state index in [1.165, 1.54) is 24.3 Å². The van der Waals surface area contributed by atoms with Crippen molar-refractivity contribution in [2.24, 2.45) is 0 Å². The van der Waals surface area contributed by atoms with E-state index < -0.39 is 11.9 Å². The average Bonchev–Trinajstić information content (AvgIpc) is 3.76. The van der Waals surface area contributed by atoms with Crippen LogP contribution in [0, 0.1) is 9.39 Å². The maximum absolute atomic E-state index is 15.5. The lowest BCUT2D eigenvalue weighted by Gasteiger charge is -2.21. The van der Waals surface area contributed by atoms with Crippen LogP contribution >= 0.6 is 22.6 Å². The first-order valence-corrected chi connectivity index (χ1v) is 13.7. The van der Waals surface area contributed by atoms with Crippen molar-refractivity contribution in [1.82, 2.24) is 9.97 Å². The molecule has 0 spiro atoms. The number of hydrogen-bond donors (Lipinski definition) is 1. The first-order valence-electron chi connectivity index (χ1n) is 12.6. The largest absolute Gasteiger partial charge is 0.493 e. The Balaban J connectivity index is 1.42. The predicted octanol–water partition coefficient (Wildman–Crippen LogP) is 5.75. The van der Waals surface area contributed by atoms with Gasteiger partial charge in [0.15, 0.2) is 23.1 Å². The number of fused-ring (bicyclic) bond motifs is 1. The number of nitrogens with zero attached hydrogens (tertiary/aromatic N) is 3. The minimum Gasteiger partial charge on any atom is -0.493 e. The lowest BCUT2D eigenvalue weighted by molar-refractivity contribution is 0.0988. The molecular formula is C29H27FIN3O6. The molecule has 208 valence electrons. The molecule has 0 saturated heterocycles. The Bertz CT molecular complexity index is 1540. The molecule has 0 bridgehead atoms. The number of aliphatic hydroxyl groups is 1. The fraction of sp³-hybridized carbons (Fsp3) is 0.276. The number of rotatable bonds is 10. The molecule has 0 unspecified atom stereocenters. The highest BCUT2D eigenvalue weighted by Gasteiger charge is 2.27. The van der Waals surface area contributed by atoms with E-state index in [1.807, 2.05) is 22.6 Å². The van der Waals surface area contributed by atoms with Crippen molar-refractivity contribution in [2.75, 3.05) is 25.7 Å². The lowest BCUT2D eigenvalue weighted by atomic mass is 10.1. The van der Waals surface area contributed by atoms with Gasteiger partial charge in [-0.05, 0) is 66.6 Å². The third-order valence-corrected chi connectivity index (χ3v) is 6.98. The second kappa shape index (κ2) is 11.8. The van der Waals surface area contributed by atoms with Crippen LogP contribution in [0.2, 0.25) is 0 Å². The molecule has 4 aromatic rings. The molecule has 0 aliphatic heterocycles. The monoisotopic (exact) mass is 659 g/mol. The maximum Gasteiger partial charge on any atom is 0.263 e. The number of anilines is 1. The van der Waals surface area contributed by atoms with Crippen molar-refractivity contribution in [3.8, 4) is 28.7 Å². The molecule has 2 heterocycles. The number of carbonyl (C=O) groups is 1. The Kier molecular flexibility index (Phi) is 8.22. The number of hydrogen-bond acceptors (Lipinski definition) is 8. The Morgan fingerprint density at radius 2 is 1.93 bits per heavy atom. The van der Waals surface area contributed by atoms with Crippen LogP contribution in [-0.4, -0.2) is 54.0 Å². The normalized spacial score (nSPS) is 13.6. The van der Waals surface area contributed by atoms with E-state index in [0.29, 0.717) is 48.7 Å². The van der Waals surface area contributed by atoms with E-state index >= 15 is 4.39 Å². The molecule has 2 aromatic carbocycles. The van der Waals surface area contributed by atoms with E-state index in [9.17, 15) is 9.90 Å². The predicted molar refractivity (Wildman–Crippen MR) is 155 cm³/mol. The minimum atomic E-state index is -0.659. The van der Waals surface area contributed by atoms with Crippen molar-refractivity contribution in [1.29, 1.82) is 0 Å². The minimum absolute atomic E-state index is 0.00484. The maximum atomic E-state index is 15.5. The molecule has 0 radical (unpaired) electrons. The summed E-state index contributed by atoms with van der Waals surface area (Å²) in [6.45, 7) is 1.70. The summed E-state index contributed by atoms with van der Waals surface area (Å²) in [6, 6.07) is 9.57. The van der Waals surface area contributed by atoms with Crippen molar-refractivity contribution in [3.05, 3.63) is 69.9 Å². The molecule has 2 aromatic heterocycles. The summed E-state index contributed by atoms with van der Waals surface area (Å²) in [7, 11) is 3.07. The van der Waals surface area contributed by atoms with Gasteiger partial charge < -0.3 is 29.0 Å². The number of benzene rings is 2. The van der Waals surface area contributed by atoms with Crippen LogP contribution in [0.1, 0.15) is 30.1 Å². The number of amides is 1. The van der Waals surface area contributed by atoms with Crippen molar-refractivity contribution in [3.63, 3.8) is 0 Å². The fourth-order valence-corrected chi connectivity index (χ4v) is 4.64. The van der Waals surface area contributed by atoms with E-state index in [-0.39, 0.29) is 24.4 Å². The summed E-state index contributed by atoms with van der Waals surface area (Å²) in [4.78, 5) is 23.1. The molecule has 9 nitrogen and oxygen atoms in total. The van der Waals surface area contributed by atoms with E-state index in [2.05, 4.69) is 9.97 Å². The summed E-state index contributed by atoms with van der Waals surface area (Å²) in [5.41, 5.74) is 1.19. The van der Waals surface area contributed by atoms with Crippen LogP contribution in [0.5, 0.6) is 28.7 Å². The molecule has 1 fully saturated rings. The topological polar surface area (TPSA) is 103 Å². The molecule has 1 atom stereocenters. The molecule has 1 aliphatic rings. The van der Waals surface area contributed by atoms with Crippen LogP contribution in [0.3, 0.4) is 0 Å². The summed E-state index contributed by atoms with van der Waals surface area (Å²) < 4.78 is 39.0. The molecular weight excluding hydrogens is 632 g/mol. The quantitative estimate of drug-likeness (QED) is 0.215. The van der Waals surface area contributed by atoms with Gasteiger partial charge in [0.05, 0.1) is 28.4 Å². The number of aromatic nitrogens is 2. The first kappa shape index (κ1) is 27.8. The fourth-order valence-electron chi connectivity index (χ4n) is 3.96. The molecule has 1 saturated carbocycles. The van der Waals surface area contributed by atoms with Gasteiger partial charge in [0.25, 0.3) is 5.91 Å². The number of halogens is 2. The number of aliphatic hydroxyl groups excluding tert-OH is 1. The summed E-state index contributed by atoms with van der Waals surface area (Å²) >= 11 is 1.98. The number of pyridine rings is 2. The molecule has 1 aliphatic carbocycles. The second-order valence-corrected chi connectivity index (χ2v) is 10.5. The highest BCUT2D eigenvalue weighted by Crippen LogP contribution is 2.40. The number of carbonyl (C=O) groups excluding carboxylic acids is 1. The van der Waals surface area contributed by atoms with Gasteiger partial charge in [0, 0.05) is 48.8 Å². The molecule has 1 N–H and O–H groups in total. The van der Waals surface area contributed by atoms with E-state index in [1.54, 1.807) is 56.7 Å². The zero-order valence-electron chi connectivity index (χ0n) is 22.1. The average molecular weight is 659 g/mol. The summed E-state index contributed by atoms with van der Waals surface area (Å²) in [6.07, 6.45) is 5.94. The van der Waals surface area contributed by atoms with Gasteiger partial charge in [0.2, 0.25) is 0 Å². The van der Waals surface area contributed by atoms with E-state index in [4.69, 9.17) is 18.9 Å². The third kappa shape index (κ3) is 6.04. The smallest absolute Gasteiger partial charge is 0.263 e. The van der Waals surface area contributed by atoms with Crippen LogP contribution < -0.4 is 23.8 Å². The van der Waals surface area contributed by atoms with Gasteiger partial charge in [0.1, 0.15) is 23.7 Å². The zero-order valence-corrected chi connectivity index (χ0v) is 24.2. The summed E-state index contributed by atoms with van der Waals surface area (Å²) in [5, 5.41) is 10.1. The van der Waals surface area contributed by atoms with Crippen molar-refractivity contribution >= 4 is 45.1 Å². The standard InChI is InChI=1S/C29H27FIN3O6/c1-16(35)15-38-27-13-23-19(12-26(27)37-3)24(7-9-33-23)40-28-21(30)10-17(11-22(28)31)34(2)29(36)20-14-32-8-6-25(20)39-18-4-5-18/h6-14,16,18,35H,4-5,15H2,1-3H3/t16-/m0/s1. The molecule has 5 rings (SSSR count). The summed E-state index contributed by atoms with van der Waals surface area (Å²) in [5.74, 6) is 0.643. The number of ether oxygens (including phenoxy) is 4. The van der Waals surface area contributed by atoms with Crippen LogP contribution in [0.25, 0.3) is 10.9 Å². The van der Waals surface area contributed by atoms with Gasteiger partial charge >= 0.3 is 0 Å². The van der Waals surface area contributed by atoms with Gasteiger partial charge in [-0.3, -0.25) is 14.8 Å². The first-order chi connectivity index (χ1) is 19.2. The molecule has 11 heteroatoms. The Labute approximate surface area is 244 Å². The van der Waals surface area contributed by atoms with Crippen molar-refractivity contribution in [2.45, 2.75) is 32.0 Å².